The molecule has 2 aromatic rings. The van der Waals surface area contributed by atoms with Gasteiger partial charge in [0.1, 0.15) is 0 Å². The predicted octanol–water partition coefficient (Wildman–Crippen LogP) is 5.27. The van der Waals surface area contributed by atoms with E-state index < -0.39 is 63.2 Å². The average molecular weight is 334 g/mol. The molecule has 2 rings (SSSR count). The van der Waals surface area contributed by atoms with E-state index in [1.54, 1.807) is 0 Å². The van der Waals surface area contributed by atoms with Crippen molar-refractivity contribution in [1.29, 1.82) is 0 Å². The van der Waals surface area contributed by atoms with Crippen LogP contribution < -0.4 is 4.74 Å². The molecule has 0 saturated heterocycles. The van der Waals surface area contributed by atoms with Gasteiger partial charge in [-0.1, -0.05) is 0 Å². The molecular formula is C11H2F8OS. The maximum absolute atomic E-state index is 13.8. The second-order valence-corrected chi connectivity index (χ2v) is 4.31. The van der Waals surface area contributed by atoms with Crippen molar-refractivity contribution in [3.8, 4) is 5.75 Å². The van der Waals surface area contributed by atoms with Crippen LogP contribution in [0.1, 0.15) is 0 Å². The third-order valence-corrected chi connectivity index (χ3v) is 2.93. The van der Waals surface area contributed by atoms with Crippen molar-refractivity contribution in [1.82, 2.24) is 0 Å². The van der Waals surface area contributed by atoms with Gasteiger partial charge >= 0.3 is 6.36 Å². The highest BCUT2D eigenvalue weighted by atomic mass is 32.2. The molecule has 0 unspecified atom stereocenters. The average Bonchev–Trinajstić information content (AvgIpc) is 2.37. The molecule has 10 heteroatoms. The van der Waals surface area contributed by atoms with Crippen molar-refractivity contribution in [3.05, 3.63) is 35.4 Å². The summed E-state index contributed by atoms with van der Waals surface area (Å²) in [5, 5.41) is -2.10. The lowest BCUT2D eigenvalue weighted by Crippen LogP contribution is -2.19. The number of rotatable bonds is 2. The molecular weight excluding hydrogens is 332 g/mol. The maximum atomic E-state index is 13.8. The van der Waals surface area contributed by atoms with Gasteiger partial charge in [0.05, 0.1) is 22.4 Å². The third kappa shape index (κ3) is 2.85. The molecule has 0 aliphatic carbocycles. The van der Waals surface area contributed by atoms with Gasteiger partial charge in [-0.3, -0.25) is 0 Å². The van der Waals surface area contributed by atoms with Crippen LogP contribution in [0, 0.1) is 23.3 Å². The lowest BCUT2D eigenvalue weighted by Gasteiger charge is -2.13. The van der Waals surface area contributed by atoms with Crippen LogP contribution in [0.5, 0.6) is 5.75 Å². The van der Waals surface area contributed by atoms with Crippen molar-refractivity contribution < 1.29 is 39.4 Å². The Hall–Kier alpha value is -1.71. The smallest absolute Gasteiger partial charge is 0.399 e. The van der Waals surface area contributed by atoms with Gasteiger partial charge in [-0.25, -0.2) is 17.6 Å². The van der Waals surface area contributed by atoms with E-state index in [1.165, 1.54) is 0 Å². The normalized spacial score (nSPS) is 12.0. The number of hydrogen-bond acceptors (Lipinski definition) is 2. The van der Waals surface area contributed by atoms with Gasteiger partial charge in [0.2, 0.25) is 5.75 Å². The van der Waals surface area contributed by atoms with Crippen molar-refractivity contribution in [2.45, 2.75) is 11.3 Å². The van der Waals surface area contributed by atoms with E-state index in [1.807, 2.05) is 0 Å². The predicted molar refractivity (Wildman–Crippen MR) is 57.4 cm³/mol. The SMILES string of the molecule is FSc1cc(F)c(F)c2c(F)c(OC(F)(F)F)c(F)cc12. The number of fused-ring (bicyclic) bond motifs is 1. The van der Waals surface area contributed by atoms with Crippen LogP contribution >= 0.6 is 12.1 Å². The van der Waals surface area contributed by atoms with Gasteiger partial charge < -0.3 is 4.74 Å². The quantitative estimate of drug-likeness (QED) is 0.692. The Morgan fingerprint density at radius 3 is 2.05 bits per heavy atom. The van der Waals surface area contributed by atoms with Gasteiger partial charge in [0.15, 0.2) is 23.3 Å². The molecule has 2 aromatic carbocycles. The minimum atomic E-state index is -5.45. The first kappa shape index (κ1) is 15.7. The second-order valence-electron chi connectivity index (χ2n) is 3.72. The summed E-state index contributed by atoms with van der Waals surface area (Å²) < 4.78 is 106. The Bertz CT molecular complexity index is 712. The van der Waals surface area contributed by atoms with E-state index in [-0.39, 0.29) is 6.07 Å². The van der Waals surface area contributed by atoms with Crippen molar-refractivity contribution in [3.63, 3.8) is 0 Å². The molecule has 0 fully saturated rings. The molecule has 0 spiro atoms. The van der Waals surface area contributed by atoms with Crippen LogP contribution in [0.15, 0.2) is 17.0 Å². The highest BCUT2D eigenvalue weighted by Crippen LogP contribution is 2.39. The van der Waals surface area contributed by atoms with Crippen LogP contribution in [0.4, 0.5) is 34.6 Å². The summed E-state index contributed by atoms with van der Waals surface area (Å²) in [5.41, 5.74) is 0. The van der Waals surface area contributed by atoms with Crippen molar-refractivity contribution in [2.24, 2.45) is 0 Å². The summed E-state index contributed by atoms with van der Waals surface area (Å²) >= 11 is -0.645. The Morgan fingerprint density at radius 1 is 0.905 bits per heavy atom. The molecule has 0 aliphatic heterocycles. The third-order valence-electron chi connectivity index (χ3n) is 2.43. The Balaban J connectivity index is 2.85. The number of hydrogen-bond donors (Lipinski definition) is 0. The molecule has 0 heterocycles. The molecule has 0 aliphatic rings. The Morgan fingerprint density at radius 2 is 1.52 bits per heavy atom. The zero-order chi connectivity index (χ0) is 15.9. The van der Waals surface area contributed by atoms with Gasteiger partial charge in [-0.15, -0.1) is 13.2 Å². The number of halogens is 8. The molecule has 21 heavy (non-hydrogen) atoms. The second kappa shape index (κ2) is 5.24. The van der Waals surface area contributed by atoms with Gasteiger partial charge in [0, 0.05) is 5.39 Å². The lowest BCUT2D eigenvalue weighted by atomic mass is 10.1. The van der Waals surface area contributed by atoms with Crippen molar-refractivity contribution in [2.75, 3.05) is 0 Å². The molecule has 1 nitrogen and oxygen atoms in total. The van der Waals surface area contributed by atoms with Crippen LogP contribution in [-0.4, -0.2) is 6.36 Å². The van der Waals surface area contributed by atoms with Gasteiger partial charge in [-0.2, -0.15) is 3.89 Å². The molecule has 0 bridgehead atoms. The number of alkyl halides is 3. The molecule has 0 saturated carbocycles. The molecule has 114 valence electrons. The van der Waals surface area contributed by atoms with E-state index in [2.05, 4.69) is 4.74 Å². The molecule has 0 amide bonds. The summed E-state index contributed by atoms with van der Waals surface area (Å²) in [7, 11) is 0. The molecule has 0 atom stereocenters. The minimum Gasteiger partial charge on any atom is -0.399 e. The maximum Gasteiger partial charge on any atom is 0.573 e. The highest BCUT2D eigenvalue weighted by molar-refractivity contribution is 7.94. The largest absolute Gasteiger partial charge is 0.573 e. The zero-order valence-corrected chi connectivity index (χ0v) is 10.3. The fraction of sp³-hybridized carbons (Fsp3) is 0.0909. The standard InChI is InChI=1S/C11H2F8OS/c12-4-2-6(21-19)3-1-5(13)10(20-11(16,17)18)9(15)7(3)8(4)14/h1-2H. The van der Waals surface area contributed by atoms with Crippen LogP contribution in [-0.2, 0) is 0 Å². The first-order valence-electron chi connectivity index (χ1n) is 4.99. The van der Waals surface area contributed by atoms with Gasteiger partial charge in [-0.05, 0) is 12.1 Å². The Kier molecular flexibility index (Phi) is 3.91. The molecule has 0 radical (unpaired) electrons. The first-order valence-corrected chi connectivity index (χ1v) is 5.71. The summed E-state index contributed by atoms with van der Waals surface area (Å²) in [6.45, 7) is 0. The van der Waals surface area contributed by atoms with E-state index in [0.717, 1.165) is 0 Å². The van der Waals surface area contributed by atoms with Crippen LogP contribution in [0.3, 0.4) is 0 Å². The fourth-order valence-corrected chi connectivity index (χ4v) is 2.05. The van der Waals surface area contributed by atoms with E-state index in [4.69, 9.17) is 0 Å². The lowest BCUT2D eigenvalue weighted by molar-refractivity contribution is -0.276. The number of benzene rings is 2. The Labute approximate surface area is 115 Å². The van der Waals surface area contributed by atoms with Crippen molar-refractivity contribution >= 4 is 22.9 Å². The van der Waals surface area contributed by atoms with Crippen LogP contribution in [0.25, 0.3) is 10.8 Å². The van der Waals surface area contributed by atoms with E-state index in [0.29, 0.717) is 6.07 Å². The minimum absolute atomic E-state index is 0.226. The topological polar surface area (TPSA) is 9.23 Å². The summed E-state index contributed by atoms with van der Waals surface area (Å²) in [4.78, 5) is -0.694. The summed E-state index contributed by atoms with van der Waals surface area (Å²) in [6.07, 6.45) is -5.45. The summed E-state index contributed by atoms with van der Waals surface area (Å²) in [6, 6.07) is 0.551. The van der Waals surface area contributed by atoms with Crippen LogP contribution in [0.2, 0.25) is 0 Å². The molecule has 0 N–H and O–H groups in total. The van der Waals surface area contributed by atoms with E-state index >= 15 is 0 Å². The number of ether oxygens (including phenoxy) is 1. The molecule has 0 aromatic heterocycles. The monoisotopic (exact) mass is 334 g/mol. The van der Waals surface area contributed by atoms with E-state index in [9.17, 15) is 34.6 Å². The zero-order valence-electron chi connectivity index (χ0n) is 9.49. The first-order chi connectivity index (χ1) is 9.65. The summed E-state index contributed by atoms with van der Waals surface area (Å²) in [5.74, 6) is -9.49. The highest BCUT2D eigenvalue weighted by Gasteiger charge is 2.35. The fourth-order valence-electron chi connectivity index (χ4n) is 1.66. The van der Waals surface area contributed by atoms with Gasteiger partial charge in [0.25, 0.3) is 0 Å².